The number of hydrogen-bond donors (Lipinski definition) is 2. The molecule has 0 unspecified atom stereocenters. The van der Waals surface area contributed by atoms with Crippen molar-refractivity contribution in [3.63, 3.8) is 0 Å². The molecule has 0 amide bonds. The van der Waals surface area contributed by atoms with Crippen LogP contribution in [0.1, 0.15) is 50.6 Å². The number of morpholine rings is 1. The fourth-order valence-electron chi connectivity index (χ4n) is 5.57. The van der Waals surface area contributed by atoms with Crippen LogP contribution in [0.5, 0.6) is 0 Å². The van der Waals surface area contributed by atoms with E-state index in [1.807, 2.05) is 18.4 Å². The minimum Gasteiger partial charge on any atom is -0.385 e. The second-order valence-corrected chi connectivity index (χ2v) is 9.78. The van der Waals surface area contributed by atoms with Crippen molar-refractivity contribution < 1.29 is 23.0 Å². The Balaban J connectivity index is 1.49. The number of anilines is 1. The highest BCUT2D eigenvalue weighted by Crippen LogP contribution is 2.68. The summed E-state index contributed by atoms with van der Waals surface area (Å²) in [6.45, 7) is 7.12. The van der Waals surface area contributed by atoms with Crippen molar-refractivity contribution in [3.8, 4) is 11.3 Å². The first kappa shape index (κ1) is 21.7. The van der Waals surface area contributed by atoms with E-state index in [2.05, 4.69) is 14.9 Å². The number of nitrogen functional groups attached to an aromatic ring is 1. The number of aliphatic hydroxyl groups excluding tert-OH is 1. The molecule has 1 aliphatic heterocycles. The first-order valence-electron chi connectivity index (χ1n) is 11.0. The van der Waals surface area contributed by atoms with Crippen molar-refractivity contribution >= 4 is 5.82 Å². The molecular weight excluding hydrogens is 423 g/mol. The number of rotatable bonds is 5. The van der Waals surface area contributed by atoms with E-state index in [0.717, 1.165) is 51.6 Å². The molecule has 3 N–H and O–H groups in total. The molecule has 10 heteroatoms. The van der Waals surface area contributed by atoms with Gasteiger partial charge < -0.3 is 20.1 Å². The third-order valence-electron chi connectivity index (χ3n) is 7.32. The van der Waals surface area contributed by atoms with Crippen molar-refractivity contribution in [2.75, 3.05) is 32.0 Å². The zero-order chi connectivity index (χ0) is 22.9. The second-order valence-electron chi connectivity index (χ2n) is 9.78. The van der Waals surface area contributed by atoms with Crippen molar-refractivity contribution in [1.82, 2.24) is 19.4 Å². The SMILES string of the molecule is CC(C)[C@@H](O)c1nc(-c2cnc(N)c(C(F)(F)F)c2)cn1C12CC(N3CCOCC3)(C1)C2. The maximum Gasteiger partial charge on any atom is 0.419 e. The third kappa shape index (κ3) is 3.22. The molecular formula is C22H28F3N5O2. The summed E-state index contributed by atoms with van der Waals surface area (Å²) in [6.07, 6.45) is 0.496. The summed E-state index contributed by atoms with van der Waals surface area (Å²) < 4.78 is 47.5. The Morgan fingerprint density at radius 1 is 1.16 bits per heavy atom. The lowest BCUT2D eigenvalue weighted by Gasteiger charge is -2.74. The van der Waals surface area contributed by atoms with E-state index in [0.29, 0.717) is 11.5 Å². The monoisotopic (exact) mass is 451 g/mol. The summed E-state index contributed by atoms with van der Waals surface area (Å²) in [5.41, 5.74) is 5.09. The van der Waals surface area contributed by atoms with Gasteiger partial charge in [-0.1, -0.05) is 13.8 Å². The summed E-state index contributed by atoms with van der Waals surface area (Å²) in [5, 5.41) is 10.9. The van der Waals surface area contributed by atoms with Crippen molar-refractivity contribution in [1.29, 1.82) is 0 Å². The molecule has 1 saturated heterocycles. The lowest BCUT2D eigenvalue weighted by atomic mass is 9.43. The molecule has 2 aromatic heterocycles. The van der Waals surface area contributed by atoms with Crippen LogP contribution in [0.25, 0.3) is 11.3 Å². The zero-order valence-electron chi connectivity index (χ0n) is 18.2. The zero-order valence-corrected chi connectivity index (χ0v) is 18.2. The van der Waals surface area contributed by atoms with Gasteiger partial charge in [0, 0.05) is 36.6 Å². The molecule has 0 radical (unpaired) electrons. The number of aromatic nitrogens is 3. The van der Waals surface area contributed by atoms with Crippen LogP contribution < -0.4 is 5.73 Å². The van der Waals surface area contributed by atoms with Crippen LogP contribution in [0.3, 0.4) is 0 Å². The van der Waals surface area contributed by atoms with Crippen LogP contribution in [-0.4, -0.2) is 56.4 Å². The Bertz CT molecular complexity index is 1010. The fraction of sp³-hybridized carbons (Fsp3) is 0.636. The van der Waals surface area contributed by atoms with Gasteiger partial charge in [0.15, 0.2) is 0 Å². The van der Waals surface area contributed by atoms with Crippen molar-refractivity contribution in [2.45, 2.75) is 56.5 Å². The number of aliphatic hydroxyl groups is 1. The largest absolute Gasteiger partial charge is 0.419 e. The Kier molecular flexibility index (Phi) is 4.85. The van der Waals surface area contributed by atoms with Gasteiger partial charge in [0.25, 0.3) is 0 Å². The fourth-order valence-corrected chi connectivity index (χ4v) is 5.57. The lowest BCUT2D eigenvalue weighted by molar-refractivity contribution is -0.222. The van der Waals surface area contributed by atoms with E-state index in [1.165, 1.54) is 6.20 Å². The van der Waals surface area contributed by atoms with Crippen LogP contribution >= 0.6 is 0 Å². The Morgan fingerprint density at radius 2 is 1.81 bits per heavy atom. The van der Waals surface area contributed by atoms with E-state index >= 15 is 0 Å². The van der Waals surface area contributed by atoms with Gasteiger partial charge in [-0.15, -0.1) is 0 Å². The summed E-state index contributed by atoms with van der Waals surface area (Å²) in [7, 11) is 0. The molecule has 3 aliphatic carbocycles. The van der Waals surface area contributed by atoms with Gasteiger partial charge in [0.1, 0.15) is 17.7 Å². The predicted octanol–water partition coefficient (Wildman–Crippen LogP) is 3.20. The highest BCUT2D eigenvalue weighted by Gasteiger charge is 2.71. The number of halogens is 3. The van der Waals surface area contributed by atoms with E-state index in [-0.39, 0.29) is 22.6 Å². The van der Waals surface area contributed by atoms with E-state index in [9.17, 15) is 18.3 Å². The highest BCUT2D eigenvalue weighted by atomic mass is 19.4. The minimum atomic E-state index is -4.60. The first-order chi connectivity index (χ1) is 15.0. The van der Waals surface area contributed by atoms with Gasteiger partial charge in [-0.25, -0.2) is 9.97 Å². The molecule has 7 nitrogen and oxygen atoms in total. The average molecular weight is 451 g/mol. The van der Waals surface area contributed by atoms with Gasteiger partial charge in [-0.05, 0) is 31.2 Å². The standard InChI is InChI=1S/C22H28F3N5O2/c1-13(2)17(31)19-28-16(14-7-15(22(23,24)25)18(26)27-8-14)9-30(19)21-10-20(11-21,12-21)29-3-5-32-6-4-29/h7-9,13,17,31H,3-6,10-12H2,1-2H3,(H2,26,27)/t17-,20?,21?/m1/s1. The Hall–Kier alpha value is -2.17. The van der Waals surface area contributed by atoms with Gasteiger partial charge in [-0.3, -0.25) is 4.90 Å². The second kappa shape index (κ2) is 7.16. The molecule has 0 aromatic carbocycles. The molecule has 4 fully saturated rings. The molecule has 2 aromatic rings. The number of imidazole rings is 1. The summed E-state index contributed by atoms with van der Waals surface area (Å²) in [4.78, 5) is 10.8. The van der Waals surface area contributed by atoms with Crippen LogP contribution in [0, 0.1) is 5.92 Å². The van der Waals surface area contributed by atoms with Gasteiger partial charge in [0.2, 0.25) is 0 Å². The van der Waals surface area contributed by atoms with E-state index in [1.54, 1.807) is 6.20 Å². The minimum absolute atomic E-state index is 0.0835. The molecule has 2 bridgehead atoms. The summed E-state index contributed by atoms with van der Waals surface area (Å²) in [5.74, 6) is -0.148. The Labute approximate surface area is 184 Å². The maximum atomic E-state index is 13.3. The molecule has 3 heterocycles. The number of nitrogens with zero attached hydrogens (tertiary/aromatic N) is 4. The number of pyridine rings is 1. The Morgan fingerprint density at radius 3 is 2.41 bits per heavy atom. The van der Waals surface area contributed by atoms with Crippen LogP contribution in [-0.2, 0) is 16.5 Å². The quantitative estimate of drug-likeness (QED) is 0.726. The van der Waals surface area contributed by atoms with Crippen LogP contribution in [0.15, 0.2) is 18.5 Å². The number of ether oxygens (including phenoxy) is 1. The van der Waals surface area contributed by atoms with E-state index < -0.39 is 23.7 Å². The normalized spacial score (nSPS) is 29.0. The molecule has 174 valence electrons. The third-order valence-corrected chi connectivity index (χ3v) is 7.32. The van der Waals surface area contributed by atoms with Gasteiger partial charge in [-0.2, -0.15) is 13.2 Å². The maximum absolute atomic E-state index is 13.3. The van der Waals surface area contributed by atoms with Crippen LogP contribution in [0.4, 0.5) is 19.0 Å². The predicted molar refractivity (Wildman–Crippen MR) is 112 cm³/mol. The molecule has 6 rings (SSSR count). The highest BCUT2D eigenvalue weighted by molar-refractivity contribution is 5.62. The van der Waals surface area contributed by atoms with Gasteiger partial charge >= 0.3 is 6.18 Å². The van der Waals surface area contributed by atoms with Gasteiger partial charge in [0.05, 0.1) is 30.0 Å². The molecule has 0 spiro atoms. The molecule has 3 saturated carbocycles. The van der Waals surface area contributed by atoms with Crippen molar-refractivity contribution in [2.24, 2.45) is 5.92 Å². The summed E-state index contributed by atoms with van der Waals surface area (Å²) >= 11 is 0. The first-order valence-corrected chi connectivity index (χ1v) is 11.0. The lowest BCUT2D eigenvalue weighted by Crippen LogP contribution is -2.79. The topological polar surface area (TPSA) is 89.4 Å². The summed E-state index contributed by atoms with van der Waals surface area (Å²) in [6, 6.07) is 0.984. The average Bonchev–Trinajstić information content (AvgIpc) is 3.10. The molecule has 1 atom stereocenters. The number of hydrogen-bond acceptors (Lipinski definition) is 6. The molecule has 4 aliphatic rings. The number of alkyl halides is 3. The smallest absolute Gasteiger partial charge is 0.385 e. The molecule has 32 heavy (non-hydrogen) atoms. The number of nitrogens with two attached hydrogens (primary N) is 1. The van der Waals surface area contributed by atoms with Crippen molar-refractivity contribution in [3.05, 3.63) is 29.8 Å². The van der Waals surface area contributed by atoms with Crippen LogP contribution in [0.2, 0.25) is 0 Å². The van der Waals surface area contributed by atoms with E-state index in [4.69, 9.17) is 10.5 Å².